The molecule has 1 unspecified atom stereocenters. The standard InChI is InChI=1S/C14H22O3/c1-13(2)8-10(12(16)17-3)11(15)14(9-13)6-4-5-7-14/h10H,4-9H2,1-3H3. The summed E-state index contributed by atoms with van der Waals surface area (Å²) >= 11 is 0. The molecule has 1 atom stereocenters. The number of esters is 1. The van der Waals surface area contributed by atoms with E-state index in [0.29, 0.717) is 6.42 Å². The van der Waals surface area contributed by atoms with Crippen molar-refractivity contribution in [2.24, 2.45) is 16.7 Å². The summed E-state index contributed by atoms with van der Waals surface area (Å²) in [5, 5.41) is 0. The van der Waals surface area contributed by atoms with Crippen LogP contribution in [0.5, 0.6) is 0 Å². The third-order valence-electron chi connectivity index (χ3n) is 4.46. The van der Waals surface area contributed by atoms with Crippen LogP contribution in [0.1, 0.15) is 52.4 Å². The Kier molecular flexibility index (Phi) is 3.04. The molecule has 2 aliphatic rings. The molecule has 0 radical (unpaired) electrons. The summed E-state index contributed by atoms with van der Waals surface area (Å²) in [4.78, 5) is 24.3. The Morgan fingerprint density at radius 1 is 1.29 bits per heavy atom. The van der Waals surface area contributed by atoms with Crippen molar-refractivity contribution in [2.45, 2.75) is 52.4 Å². The topological polar surface area (TPSA) is 43.4 Å². The predicted octanol–water partition coefficient (Wildman–Crippen LogP) is 2.73. The van der Waals surface area contributed by atoms with Gasteiger partial charge in [-0.15, -0.1) is 0 Å². The Morgan fingerprint density at radius 2 is 1.88 bits per heavy atom. The molecular weight excluding hydrogens is 216 g/mol. The molecule has 2 fully saturated rings. The average Bonchev–Trinajstić information content (AvgIpc) is 2.71. The van der Waals surface area contributed by atoms with Gasteiger partial charge in [0.2, 0.25) is 0 Å². The molecule has 2 rings (SSSR count). The lowest BCUT2D eigenvalue weighted by Crippen LogP contribution is -2.47. The Morgan fingerprint density at radius 3 is 2.41 bits per heavy atom. The number of rotatable bonds is 1. The highest BCUT2D eigenvalue weighted by Crippen LogP contribution is 2.54. The number of carbonyl (C=O) groups excluding carboxylic acids is 2. The first-order chi connectivity index (χ1) is 7.90. The minimum Gasteiger partial charge on any atom is -0.468 e. The SMILES string of the molecule is COC(=O)C1CC(C)(C)CC2(CCCC2)C1=O. The second kappa shape index (κ2) is 4.11. The summed E-state index contributed by atoms with van der Waals surface area (Å²) in [7, 11) is 1.37. The molecule has 0 bridgehead atoms. The van der Waals surface area contributed by atoms with Crippen molar-refractivity contribution in [3.63, 3.8) is 0 Å². The van der Waals surface area contributed by atoms with Crippen LogP contribution in [0, 0.1) is 16.7 Å². The van der Waals surface area contributed by atoms with E-state index in [1.54, 1.807) is 0 Å². The zero-order valence-electron chi connectivity index (χ0n) is 11.0. The van der Waals surface area contributed by atoms with E-state index in [2.05, 4.69) is 13.8 Å². The van der Waals surface area contributed by atoms with Crippen LogP contribution in [0.4, 0.5) is 0 Å². The first-order valence-electron chi connectivity index (χ1n) is 6.52. The van der Waals surface area contributed by atoms with Gasteiger partial charge in [0.1, 0.15) is 5.92 Å². The molecule has 1 spiro atoms. The van der Waals surface area contributed by atoms with Crippen LogP contribution in [-0.4, -0.2) is 18.9 Å². The number of carbonyl (C=O) groups is 2. The highest BCUT2D eigenvalue weighted by molar-refractivity contribution is 6.02. The van der Waals surface area contributed by atoms with E-state index < -0.39 is 5.92 Å². The summed E-state index contributed by atoms with van der Waals surface area (Å²) in [5.41, 5.74) is -0.155. The van der Waals surface area contributed by atoms with Crippen LogP contribution in [-0.2, 0) is 14.3 Å². The van der Waals surface area contributed by atoms with Gasteiger partial charge in [0.15, 0.2) is 5.78 Å². The van der Waals surface area contributed by atoms with Crippen LogP contribution in [0.25, 0.3) is 0 Å². The quantitative estimate of drug-likeness (QED) is 0.521. The average molecular weight is 238 g/mol. The predicted molar refractivity (Wildman–Crippen MR) is 64.4 cm³/mol. The summed E-state index contributed by atoms with van der Waals surface area (Å²) < 4.78 is 4.80. The fourth-order valence-electron chi connectivity index (χ4n) is 3.90. The summed E-state index contributed by atoms with van der Waals surface area (Å²) in [6.07, 6.45) is 5.74. The number of hydrogen-bond acceptors (Lipinski definition) is 3. The molecule has 3 heteroatoms. The van der Waals surface area contributed by atoms with Crippen LogP contribution in [0.15, 0.2) is 0 Å². The Labute approximate surface area is 103 Å². The maximum Gasteiger partial charge on any atom is 0.316 e. The van der Waals surface area contributed by atoms with E-state index in [4.69, 9.17) is 4.74 Å². The van der Waals surface area contributed by atoms with E-state index in [-0.39, 0.29) is 22.6 Å². The number of methoxy groups -OCH3 is 1. The number of ketones is 1. The number of hydrogen-bond donors (Lipinski definition) is 0. The van der Waals surface area contributed by atoms with Crippen molar-refractivity contribution in [1.82, 2.24) is 0 Å². The monoisotopic (exact) mass is 238 g/mol. The molecule has 17 heavy (non-hydrogen) atoms. The molecule has 3 nitrogen and oxygen atoms in total. The molecule has 0 aromatic heterocycles. The molecule has 0 N–H and O–H groups in total. The fraction of sp³-hybridized carbons (Fsp3) is 0.857. The summed E-state index contributed by atoms with van der Waals surface area (Å²) in [6, 6.07) is 0. The van der Waals surface area contributed by atoms with Crippen molar-refractivity contribution >= 4 is 11.8 Å². The van der Waals surface area contributed by atoms with Gasteiger partial charge in [-0.1, -0.05) is 26.7 Å². The zero-order chi connectivity index (χ0) is 12.7. The highest BCUT2D eigenvalue weighted by Gasteiger charge is 2.53. The van der Waals surface area contributed by atoms with Gasteiger partial charge in [-0.05, 0) is 31.1 Å². The normalized spacial score (nSPS) is 30.5. The molecule has 0 heterocycles. The van der Waals surface area contributed by atoms with Crippen LogP contribution in [0.3, 0.4) is 0 Å². The van der Waals surface area contributed by atoms with E-state index in [1.807, 2.05) is 0 Å². The maximum absolute atomic E-state index is 12.5. The van der Waals surface area contributed by atoms with Crippen molar-refractivity contribution in [3.05, 3.63) is 0 Å². The van der Waals surface area contributed by atoms with Crippen molar-refractivity contribution in [1.29, 1.82) is 0 Å². The molecule has 2 saturated carbocycles. The fourth-order valence-corrected chi connectivity index (χ4v) is 3.90. The molecule has 0 saturated heterocycles. The molecule has 96 valence electrons. The third-order valence-corrected chi connectivity index (χ3v) is 4.46. The van der Waals surface area contributed by atoms with Crippen LogP contribution >= 0.6 is 0 Å². The molecule has 0 aromatic carbocycles. The lowest BCUT2D eigenvalue weighted by Gasteiger charge is -2.44. The summed E-state index contributed by atoms with van der Waals surface area (Å²) in [6.45, 7) is 4.32. The van der Waals surface area contributed by atoms with Gasteiger partial charge in [-0.2, -0.15) is 0 Å². The van der Waals surface area contributed by atoms with E-state index in [1.165, 1.54) is 7.11 Å². The number of ether oxygens (including phenoxy) is 1. The first-order valence-corrected chi connectivity index (χ1v) is 6.52. The molecule has 2 aliphatic carbocycles. The number of Topliss-reactive ketones (excluding diaryl/α,β-unsaturated/α-hetero) is 1. The van der Waals surface area contributed by atoms with E-state index >= 15 is 0 Å². The third kappa shape index (κ3) is 2.12. The zero-order valence-corrected chi connectivity index (χ0v) is 11.0. The van der Waals surface area contributed by atoms with Crippen molar-refractivity contribution < 1.29 is 14.3 Å². The van der Waals surface area contributed by atoms with Crippen LogP contribution in [0.2, 0.25) is 0 Å². The largest absolute Gasteiger partial charge is 0.468 e. The lowest BCUT2D eigenvalue weighted by molar-refractivity contribution is -0.158. The Balaban J connectivity index is 2.30. The molecule has 0 aromatic rings. The molecular formula is C14H22O3. The van der Waals surface area contributed by atoms with Gasteiger partial charge >= 0.3 is 5.97 Å². The summed E-state index contributed by atoms with van der Waals surface area (Å²) in [5.74, 6) is -0.711. The second-order valence-electron chi connectivity index (χ2n) is 6.47. The van der Waals surface area contributed by atoms with E-state index in [0.717, 1.165) is 32.1 Å². The van der Waals surface area contributed by atoms with Gasteiger partial charge in [0, 0.05) is 5.41 Å². The minimum atomic E-state index is -0.526. The van der Waals surface area contributed by atoms with E-state index in [9.17, 15) is 9.59 Å². The maximum atomic E-state index is 12.5. The molecule has 0 amide bonds. The smallest absolute Gasteiger partial charge is 0.316 e. The lowest BCUT2D eigenvalue weighted by atomic mass is 9.58. The van der Waals surface area contributed by atoms with Gasteiger partial charge in [-0.25, -0.2) is 0 Å². The molecule has 0 aliphatic heterocycles. The van der Waals surface area contributed by atoms with Crippen LogP contribution < -0.4 is 0 Å². The highest BCUT2D eigenvalue weighted by atomic mass is 16.5. The minimum absolute atomic E-state index is 0.0666. The van der Waals surface area contributed by atoms with Gasteiger partial charge in [-0.3, -0.25) is 9.59 Å². The Hall–Kier alpha value is -0.860. The van der Waals surface area contributed by atoms with Crippen molar-refractivity contribution in [2.75, 3.05) is 7.11 Å². The first kappa shape index (κ1) is 12.6. The van der Waals surface area contributed by atoms with Crippen molar-refractivity contribution in [3.8, 4) is 0 Å². The van der Waals surface area contributed by atoms with Gasteiger partial charge in [0.05, 0.1) is 7.11 Å². The Bertz CT molecular complexity index is 337. The van der Waals surface area contributed by atoms with Gasteiger partial charge in [0.25, 0.3) is 0 Å². The second-order valence-corrected chi connectivity index (χ2v) is 6.47. The van der Waals surface area contributed by atoms with Gasteiger partial charge < -0.3 is 4.74 Å².